The predicted molar refractivity (Wildman–Crippen MR) is 75.8 cm³/mol. The van der Waals surface area contributed by atoms with Crippen LogP contribution in [-0.4, -0.2) is 4.98 Å². The van der Waals surface area contributed by atoms with Crippen molar-refractivity contribution in [1.29, 1.82) is 0 Å². The number of nitrogen functional groups attached to an aromatic ring is 1. The average Bonchev–Trinajstić information content (AvgIpc) is 2.44. The first-order valence-electron chi connectivity index (χ1n) is 5.92. The molecule has 8 heteroatoms. The number of anilines is 2. The van der Waals surface area contributed by atoms with Crippen LogP contribution in [-0.2, 0) is 12.7 Å². The molecule has 0 saturated carbocycles. The fourth-order valence-corrected chi connectivity index (χ4v) is 1.91. The average molecular weight is 317 g/mol. The maximum Gasteiger partial charge on any atom is 0.416 e. The van der Waals surface area contributed by atoms with E-state index in [0.29, 0.717) is 11.6 Å². The normalized spacial score (nSPS) is 11.3. The van der Waals surface area contributed by atoms with E-state index >= 15 is 0 Å². The molecule has 2 aromatic rings. The van der Waals surface area contributed by atoms with Crippen molar-refractivity contribution in [3.63, 3.8) is 0 Å². The highest BCUT2D eigenvalue weighted by molar-refractivity contribution is 6.30. The highest BCUT2D eigenvalue weighted by Crippen LogP contribution is 2.32. The van der Waals surface area contributed by atoms with Gasteiger partial charge in [-0.15, -0.1) is 0 Å². The minimum Gasteiger partial charge on any atom is -0.366 e. The van der Waals surface area contributed by atoms with E-state index in [-0.39, 0.29) is 11.6 Å². The molecule has 0 amide bonds. The molecule has 0 saturated heterocycles. The second-order valence-corrected chi connectivity index (χ2v) is 4.69. The molecule has 0 fully saturated rings. The molecule has 0 bridgehead atoms. The summed E-state index contributed by atoms with van der Waals surface area (Å²) in [5.74, 6) is 5.13. The fraction of sp³-hybridized carbons (Fsp3) is 0.154. The standard InChI is InChI=1S/C13H12ClF3N4/c14-10-3-1-2-8(4-10)7-19-11-5-9(13(15,16)17)6-12(20-11)21-18/h1-6H,7,18H2,(H2,19,20,21). The van der Waals surface area contributed by atoms with E-state index in [0.717, 1.165) is 17.7 Å². The maximum atomic E-state index is 12.8. The van der Waals surface area contributed by atoms with Crippen LogP contribution in [0.5, 0.6) is 0 Å². The number of nitrogens with one attached hydrogen (secondary N) is 2. The SMILES string of the molecule is NNc1cc(C(F)(F)F)cc(NCc2cccc(Cl)c2)n1. The van der Waals surface area contributed by atoms with Gasteiger partial charge in [0.2, 0.25) is 0 Å². The van der Waals surface area contributed by atoms with E-state index in [2.05, 4.69) is 15.7 Å². The zero-order valence-corrected chi connectivity index (χ0v) is 11.5. The van der Waals surface area contributed by atoms with Gasteiger partial charge in [0.05, 0.1) is 5.56 Å². The van der Waals surface area contributed by atoms with Gasteiger partial charge in [0.15, 0.2) is 0 Å². The Labute approximate surface area is 124 Å². The number of aromatic nitrogens is 1. The summed E-state index contributed by atoms with van der Waals surface area (Å²) in [4.78, 5) is 3.92. The lowest BCUT2D eigenvalue weighted by Crippen LogP contribution is -2.13. The Bertz CT molecular complexity index is 631. The summed E-state index contributed by atoms with van der Waals surface area (Å²) in [5.41, 5.74) is 2.10. The molecule has 0 radical (unpaired) electrons. The van der Waals surface area contributed by atoms with E-state index in [4.69, 9.17) is 17.4 Å². The largest absolute Gasteiger partial charge is 0.416 e. The quantitative estimate of drug-likeness (QED) is 0.595. The number of nitrogens with zero attached hydrogens (tertiary/aromatic N) is 1. The van der Waals surface area contributed by atoms with Crippen LogP contribution in [0, 0.1) is 0 Å². The van der Waals surface area contributed by atoms with E-state index in [9.17, 15) is 13.2 Å². The van der Waals surface area contributed by atoms with Gasteiger partial charge in [-0.05, 0) is 29.8 Å². The molecule has 0 aliphatic rings. The Balaban J connectivity index is 2.19. The number of rotatable bonds is 4. The second-order valence-electron chi connectivity index (χ2n) is 4.25. The van der Waals surface area contributed by atoms with E-state index in [1.54, 1.807) is 24.3 Å². The summed E-state index contributed by atoms with van der Waals surface area (Å²) in [6.45, 7) is 0.291. The minimum absolute atomic E-state index is 0.0674. The van der Waals surface area contributed by atoms with Crippen LogP contribution in [0.1, 0.15) is 11.1 Å². The molecule has 1 aromatic carbocycles. The summed E-state index contributed by atoms with van der Waals surface area (Å²) < 4.78 is 38.3. The number of halogens is 4. The highest BCUT2D eigenvalue weighted by atomic mass is 35.5. The maximum absolute atomic E-state index is 12.8. The first-order valence-corrected chi connectivity index (χ1v) is 6.30. The molecule has 4 nitrogen and oxygen atoms in total. The lowest BCUT2D eigenvalue weighted by atomic mass is 10.2. The van der Waals surface area contributed by atoms with Crippen molar-refractivity contribution >= 4 is 23.2 Å². The number of hydrogen-bond acceptors (Lipinski definition) is 4. The molecule has 4 N–H and O–H groups in total. The van der Waals surface area contributed by atoms with Gasteiger partial charge in [0, 0.05) is 11.6 Å². The van der Waals surface area contributed by atoms with Gasteiger partial charge in [-0.1, -0.05) is 23.7 Å². The van der Waals surface area contributed by atoms with Crippen LogP contribution in [0.25, 0.3) is 0 Å². The Morgan fingerprint density at radius 3 is 2.48 bits per heavy atom. The van der Waals surface area contributed by atoms with E-state index in [1.165, 1.54) is 0 Å². The van der Waals surface area contributed by atoms with Gasteiger partial charge in [-0.25, -0.2) is 10.8 Å². The number of hydrogen-bond donors (Lipinski definition) is 3. The van der Waals surface area contributed by atoms with Crippen molar-refractivity contribution in [1.82, 2.24) is 4.98 Å². The lowest BCUT2D eigenvalue weighted by Gasteiger charge is -2.12. The van der Waals surface area contributed by atoms with Crippen LogP contribution < -0.4 is 16.6 Å². The van der Waals surface area contributed by atoms with Crippen molar-refractivity contribution in [2.24, 2.45) is 5.84 Å². The zero-order valence-electron chi connectivity index (χ0n) is 10.7. The summed E-state index contributed by atoms with van der Waals surface area (Å²) in [7, 11) is 0. The molecule has 2 rings (SSSR count). The van der Waals surface area contributed by atoms with E-state index < -0.39 is 11.7 Å². The van der Waals surface area contributed by atoms with E-state index in [1.807, 2.05) is 0 Å². The van der Waals surface area contributed by atoms with Gasteiger partial charge in [-0.3, -0.25) is 0 Å². The van der Waals surface area contributed by atoms with Crippen molar-refractivity contribution in [2.75, 3.05) is 10.7 Å². The van der Waals surface area contributed by atoms with Crippen LogP contribution >= 0.6 is 11.6 Å². The molecular formula is C13H12ClF3N4. The smallest absolute Gasteiger partial charge is 0.366 e. The summed E-state index contributed by atoms with van der Waals surface area (Å²) >= 11 is 5.84. The van der Waals surface area contributed by atoms with Gasteiger partial charge in [0.25, 0.3) is 0 Å². The second kappa shape index (κ2) is 6.19. The van der Waals surface area contributed by atoms with Crippen LogP contribution in [0.3, 0.4) is 0 Å². The molecule has 1 aromatic heterocycles. The molecule has 0 unspecified atom stereocenters. The van der Waals surface area contributed by atoms with Crippen LogP contribution in [0.15, 0.2) is 36.4 Å². The number of nitrogens with two attached hydrogens (primary N) is 1. The first-order chi connectivity index (χ1) is 9.88. The predicted octanol–water partition coefficient (Wildman–Crippen LogP) is 3.65. The third-order valence-corrected chi connectivity index (χ3v) is 2.90. The Morgan fingerprint density at radius 2 is 1.86 bits per heavy atom. The third-order valence-electron chi connectivity index (χ3n) is 2.66. The number of alkyl halides is 3. The number of hydrazine groups is 1. The monoisotopic (exact) mass is 316 g/mol. The Hall–Kier alpha value is -1.99. The van der Waals surface area contributed by atoms with Crippen molar-refractivity contribution in [3.05, 3.63) is 52.5 Å². The summed E-state index contributed by atoms with van der Waals surface area (Å²) in [6, 6.07) is 8.74. The topological polar surface area (TPSA) is 63.0 Å². The third kappa shape index (κ3) is 4.24. The Kier molecular flexibility index (Phi) is 4.54. The highest BCUT2D eigenvalue weighted by Gasteiger charge is 2.31. The number of pyridine rings is 1. The molecule has 112 valence electrons. The van der Waals surface area contributed by atoms with Crippen molar-refractivity contribution < 1.29 is 13.2 Å². The van der Waals surface area contributed by atoms with Crippen LogP contribution in [0.4, 0.5) is 24.8 Å². The Morgan fingerprint density at radius 1 is 1.14 bits per heavy atom. The summed E-state index contributed by atoms with van der Waals surface area (Å²) in [5, 5.41) is 3.36. The first kappa shape index (κ1) is 15.4. The molecule has 0 aliphatic heterocycles. The zero-order chi connectivity index (χ0) is 15.5. The minimum atomic E-state index is -4.47. The van der Waals surface area contributed by atoms with Gasteiger partial charge in [-0.2, -0.15) is 13.2 Å². The lowest BCUT2D eigenvalue weighted by molar-refractivity contribution is -0.137. The fourth-order valence-electron chi connectivity index (χ4n) is 1.70. The van der Waals surface area contributed by atoms with Gasteiger partial charge < -0.3 is 10.7 Å². The van der Waals surface area contributed by atoms with Crippen LogP contribution in [0.2, 0.25) is 5.02 Å². The molecule has 0 aliphatic carbocycles. The van der Waals surface area contributed by atoms with Gasteiger partial charge in [0.1, 0.15) is 11.6 Å². The van der Waals surface area contributed by atoms with Gasteiger partial charge >= 0.3 is 6.18 Å². The molecule has 0 atom stereocenters. The number of benzene rings is 1. The molecule has 1 heterocycles. The molecular weight excluding hydrogens is 305 g/mol. The molecule has 0 spiro atoms. The molecule has 21 heavy (non-hydrogen) atoms. The summed E-state index contributed by atoms with van der Waals surface area (Å²) in [6.07, 6.45) is -4.47. The van der Waals surface area contributed by atoms with Crippen molar-refractivity contribution in [2.45, 2.75) is 12.7 Å². The van der Waals surface area contributed by atoms with Crippen molar-refractivity contribution in [3.8, 4) is 0 Å².